The molecule has 138 valence electrons. The van der Waals surface area contributed by atoms with Crippen molar-refractivity contribution in [3.63, 3.8) is 0 Å². The SMILES string of the molecule is CCCC[NH+](CC)Cc1c(C)[nH+]c2ccc(OCC(C)C)cc2c1O. The van der Waals surface area contributed by atoms with Crippen LogP contribution in [0.1, 0.15) is 51.8 Å². The van der Waals surface area contributed by atoms with Crippen LogP contribution >= 0.6 is 0 Å². The van der Waals surface area contributed by atoms with Gasteiger partial charge >= 0.3 is 0 Å². The second-order valence-electron chi connectivity index (χ2n) is 7.37. The van der Waals surface area contributed by atoms with Crippen LogP contribution in [0.25, 0.3) is 10.9 Å². The minimum atomic E-state index is 0.392. The molecule has 1 atom stereocenters. The van der Waals surface area contributed by atoms with E-state index in [0.717, 1.165) is 47.5 Å². The molecule has 0 aliphatic carbocycles. The van der Waals surface area contributed by atoms with Gasteiger partial charge in [-0.25, -0.2) is 4.98 Å². The molecule has 1 aromatic heterocycles. The lowest BCUT2D eigenvalue weighted by molar-refractivity contribution is -0.912. The lowest BCUT2D eigenvalue weighted by atomic mass is 10.1. The zero-order valence-electron chi connectivity index (χ0n) is 16.4. The monoisotopic (exact) mass is 346 g/mol. The fourth-order valence-corrected chi connectivity index (χ4v) is 3.08. The van der Waals surface area contributed by atoms with Gasteiger partial charge in [-0.2, -0.15) is 0 Å². The van der Waals surface area contributed by atoms with Crippen molar-refractivity contribution in [3.8, 4) is 11.5 Å². The molecular formula is C21H34N2O2+2. The second-order valence-corrected chi connectivity index (χ2v) is 7.37. The van der Waals surface area contributed by atoms with Crippen LogP contribution in [0.2, 0.25) is 0 Å². The number of nitrogens with one attached hydrogen (secondary N) is 2. The van der Waals surface area contributed by atoms with Gasteiger partial charge in [0.25, 0.3) is 0 Å². The highest BCUT2D eigenvalue weighted by Crippen LogP contribution is 2.30. The minimum Gasteiger partial charge on any atom is -0.506 e. The Labute approximate surface area is 151 Å². The molecular weight excluding hydrogens is 312 g/mol. The number of hydrogen-bond donors (Lipinski definition) is 2. The summed E-state index contributed by atoms with van der Waals surface area (Å²) >= 11 is 0. The molecule has 0 fully saturated rings. The third-order valence-corrected chi connectivity index (χ3v) is 4.70. The molecule has 0 amide bonds. The number of rotatable bonds is 9. The van der Waals surface area contributed by atoms with Gasteiger partial charge in [-0.15, -0.1) is 0 Å². The van der Waals surface area contributed by atoms with E-state index < -0.39 is 0 Å². The quantitative estimate of drug-likeness (QED) is 0.733. The molecule has 0 bridgehead atoms. The number of ether oxygens (including phenoxy) is 1. The molecule has 2 aromatic rings. The first-order valence-corrected chi connectivity index (χ1v) is 9.60. The van der Waals surface area contributed by atoms with Gasteiger partial charge < -0.3 is 14.7 Å². The third-order valence-electron chi connectivity index (χ3n) is 4.70. The van der Waals surface area contributed by atoms with Crippen LogP contribution < -0.4 is 14.6 Å². The molecule has 4 nitrogen and oxygen atoms in total. The summed E-state index contributed by atoms with van der Waals surface area (Å²) in [6.07, 6.45) is 2.42. The molecule has 3 N–H and O–H groups in total. The van der Waals surface area contributed by atoms with E-state index in [1.807, 2.05) is 25.1 Å². The summed E-state index contributed by atoms with van der Waals surface area (Å²) in [4.78, 5) is 4.95. The van der Waals surface area contributed by atoms with Gasteiger partial charge in [0.2, 0.25) is 5.52 Å². The maximum absolute atomic E-state index is 10.9. The lowest BCUT2D eigenvalue weighted by Crippen LogP contribution is -3.10. The number of aromatic amines is 1. The highest BCUT2D eigenvalue weighted by molar-refractivity contribution is 5.84. The van der Waals surface area contributed by atoms with E-state index in [0.29, 0.717) is 18.3 Å². The molecule has 0 aliphatic heterocycles. The number of hydrogen-bond acceptors (Lipinski definition) is 2. The number of quaternary nitrogens is 1. The fraction of sp³-hybridized carbons (Fsp3) is 0.571. The van der Waals surface area contributed by atoms with Gasteiger partial charge in [0.05, 0.1) is 25.1 Å². The Morgan fingerprint density at radius 2 is 2.00 bits per heavy atom. The fourth-order valence-electron chi connectivity index (χ4n) is 3.08. The Morgan fingerprint density at radius 3 is 2.64 bits per heavy atom. The molecule has 0 saturated heterocycles. The number of H-pyrrole nitrogens is 1. The highest BCUT2D eigenvalue weighted by Gasteiger charge is 2.21. The Balaban J connectivity index is 2.33. The molecule has 4 heteroatoms. The maximum atomic E-state index is 10.9. The maximum Gasteiger partial charge on any atom is 0.215 e. The Kier molecular flexibility index (Phi) is 7.06. The average Bonchev–Trinajstić information content (AvgIpc) is 2.59. The molecule has 0 saturated carbocycles. The van der Waals surface area contributed by atoms with E-state index in [9.17, 15) is 5.11 Å². The number of fused-ring (bicyclic) bond motifs is 1. The topological polar surface area (TPSA) is 48.0 Å². The van der Waals surface area contributed by atoms with Crippen molar-refractivity contribution in [1.82, 2.24) is 0 Å². The van der Waals surface area contributed by atoms with Crippen molar-refractivity contribution in [2.45, 2.75) is 54.0 Å². The average molecular weight is 347 g/mol. The predicted molar refractivity (Wildman–Crippen MR) is 102 cm³/mol. The van der Waals surface area contributed by atoms with E-state index >= 15 is 0 Å². The molecule has 1 unspecified atom stereocenters. The molecule has 2 rings (SSSR count). The minimum absolute atomic E-state index is 0.392. The largest absolute Gasteiger partial charge is 0.506 e. The van der Waals surface area contributed by atoms with Crippen LogP contribution in [0, 0.1) is 12.8 Å². The van der Waals surface area contributed by atoms with Gasteiger partial charge in [-0.3, -0.25) is 0 Å². The zero-order chi connectivity index (χ0) is 18.4. The van der Waals surface area contributed by atoms with Gasteiger partial charge in [-0.05, 0) is 31.4 Å². The smallest absolute Gasteiger partial charge is 0.215 e. The number of unbranched alkanes of at least 4 members (excludes halogenated alkanes) is 1. The van der Waals surface area contributed by atoms with Crippen molar-refractivity contribution >= 4 is 10.9 Å². The Bertz CT molecular complexity index is 698. The van der Waals surface area contributed by atoms with E-state index in [1.54, 1.807) is 0 Å². The standard InChI is InChI=1S/C21H32N2O2/c1-6-8-11-23(7-2)13-19-16(5)22-20-10-9-17(25-14-15(3)4)12-18(20)21(19)24/h9-10,12,15H,6-8,11,13-14H2,1-5H3,(H,22,24)/p+2. The first kappa shape index (κ1) is 19.5. The van der Waals surface area contributed by atoms with Crippen molar-refractivity contribution in [2.75, 3.05) is 19.7 Å². The van der Waals surface area contributed by atoms with Crippen LogP contribution in [0.15, 0.2) is 18.2 Å². The summed E-state index contributed by atoms with van der Waals surface area (Å²) in [6, 6.07) is 5.90. The van der Waals surface area contributed by atoms with E-state index in [1.165, 1.54) is 17.7 Å². The normalized spacial score (nSPS) is 12.7. The van der Waals surface area contributed by atoms with Crippen LogP contribution in [-0.2, 0) is 6.54 Å². The highest BCUT2D eigenvalue weighted by atomic mass is 16.5. The van der Waals surface area contributed by atoms with Crippen molar-refractivity contribution in [2.24, 2.45) is 5.92 Å². The van der Waals surface area contributed by atoms with Gasteiger partial charge in [0.15, 0.2) is 5.69 Å². The molecule has 1 aromatic carbocycles. The Hall–Kier alpha value is -1.81. The van der Waals surface area contributed by atoms with Gasteiger partial charge in [0, 0.05) is 13.0 Å². The van der Waals surface area contributed by atoms with Crippen molar-refractivity contribution in [3.05, 3.63) is 29.5 Å². The summed E-state index contributed by atoms with van der Waals surface area (Å²) in [5.74, 6) is 1.68. The molecule has 0 radical (unpaired) electrons. The number of aryl methyl sites for hydroxylation is 1. The van der Waals surface area contributed by atoms with Crippen LogP contribution in [0.4, 0.5) is 0 Å². The second kappa shape index (κ2) is 9.04. The molecule has 25 heavy (non-hydrogen) atoms. The first-order chi connectivity index (χ1) is 12.0. The molecule has 1 heterocycles. The summed E-state index contributed by atoms with van der Waals surface area (Å²) < 4.78 is 5.83. The van der Waals surface area contributed by atoms with E-state index in [2.05, 4.69) is 32.7 Å². The van der Waals surface area contributed by atoms with Crippen LogP contribution in [-0.4, -0.2) is 24.8 Å². The van der Waals surface area contributed by atoms with Crippen molar-refractivity contribution < 1.29 is 19.7 Å². The number of aromatic nitrogens is 1. The van der Waals surface area contributed by atoms with E-state index in [4.69, 9.17) is 4.74 Å². The van der Waals surface area contributed by atoms with Crippen LogP contribution in [0.5, 0.6) is 11.5 Å². The lowest BCUT2D eigenvalue weighted by Gasteiger charge is -2.18. The first-order valence-electron chi connectivity index (χ1n) is 9.60. The number of pyridine rings is 1. The summed E-state index contributed by atoms with van der Waals surface area (Å²) in [6.45, 7) is 14.5. The third kappa shape index (κ3) is 5.08. The summed E-state index contributed by atoms with van der Waals surface area (Å²) in [5, 5.41) is 11.8. The molecule has 0 aliphatic rings. The van der Waals surface area contributed by atoms with Crippen LogP contribution in [0.3, 0.4) is 0 Å². The Morgan fingerprint density at radius 1 is 1.24 bits per heavy atom. The molecule has 0 spiro atoms. The van der Waals surface area contributed by atoms with Gasteiger partial charge in [-0.1, -0.05) is 27.2 Å². The number of aromatic hydroxyl groups is 1. The number of benzene rings is 1. The van der Waals surface area contributed by atoms with Gasteiger partial charge in [0.1, 0.15) is 23.6 Å². The summed E-state index contributed by atoms with van der Waals surface area (Å²) in [7, 11) is 0. The summed E-state index contributed by atoms with van der Waals surface area (Å²) in [5.41, 5.74) is 3.01. The van der Waals surface area contributed by atoms with E-state index in [-0.39, 0.29) is 0 Å². The van der Waals surface area contributed by atoms with Crippen molar-refractivity contribution in [1.29, 1.82) is 0 Å². The zero-order valence-corrected chi connectivity index (χ0v) is 16.4. The predicted octanol–water partition coefficient (Wildman–Crippen LogP) is 2.91.